The number of rotatable bonds is 8. The first-order valence-corrected chi connectivity index (χ1v) is 7.46. The molecule has 4 heteroatoms. The number of para-hydroxylation sites is 1. The Balaban J connectivity index is 2.00. The van der Waals surface area contributed by atoms with Crippen molar-refractivity contribution in [3.63, 3.8) is 0 Å². The van der Waals surface area contributed by atoms with Gasteiger partial charge in [0.25, 0.3) is 0 Å². The second kappa shape index (κ2) is 8.85. The molecule has 0 saturated carbocycles. The molecule has 0 aliphatic carbocycles. The lowest BCUT2D eigenvalue weighted by Gasteiger charge is -2.20. The Hall–Kier alpha value is -2.33. The van der Waals surface area contributed by atoms with E-state index in [1.54, 1.807) is 0 Å². The molecule has 0 spiro atoms. The monoisotopic (exact) mass is 298 g/mol. The number of hydrogen-bond acceptors (Lipinski definition) is 3. The van der Waals surface area contributed by atoms with E-state index in [1.807, 2.05) is 67.7 Å². The van der Waals surface area contributed by atoms with E-state index < -0.39 is 0 Å². The number of carbonyl (C=O) groups is 1. The molecular weight excluding hydrogens is 276 g/mol. The third-order valence-electron chi connectivity index (χ3n) is 3.30. The molecule has 0 saturated heterocycles. The second-order valence-electron chi connectivity index (χ2n) is 5.01. The van der Waals surface area contributed by atoms with Crippen LogP contribution in [0.15, 0.2) is 60.7 Å². The Kier molecular flexibility index (Phi) is 6.45. The van der Waals surface area contributed by atoms with Gasteiger partial charge >= 0.3 is 0 Å². The second-order valence-corrected chi connectivity index (χ2v) is 5.01. The first-order chi connectivity index (χ1) is 10.8. The highest BCUT2D eigenvalue weighted by Gasteiger charge is 2.15. The smallest absolute Gasteiger partial charge is 0.221 e. The molecular formula is C18H22N2O2. The number of nitrogens with one attached hydrogen (secondary N) is 2. The summed E-state index contributed by atoms with van der Waals surface area (Å²) in [4.78, 5) is 12.0. The van der Waals surface area contributed by atoms with Crippen molar-refractivity contribution in [2.75, 3.05) is 20.2 Å². The normalized spacial score (nSPS) is 11.7. The highest BCUT2D eigenvalue weighted by Crippen LogP contribution is 2.16. The number of ether oxygens (including phenoxy) is 1. The average molecular weight is 298 g/mol. The lowest BCUT2D eigenvalue weighted by molar-refractivity contribution is -0.122. The Bertz CT molecular complexity index is 558. The van der Waals surface area contributed by atoms with E-state index in [2.05, 4.69) is 10.6 Å². The summed E-state index contributed by atoms with van der Waals surface area (Å²) in [6.45, 7) is 1.06. The zero-order chi connectivity index (χ0) is 15.6. The van der Waals surface area contributed by atoms with Crippen molar-refractivity contribution in [2.24, 2.45) is 0 Å². The fourth-order valence-electron chi connectivity index (χ4n) is 2.11. The summed E-state index contributed by atoms with van der Waals surface area (Å²) in [5.41, 5.74) is 1.04. The molecule has 0 aliphatic heterocycles. The fourth-order valence-corrected chi connectivity index (χ4v) is 2.11. The van der Waals surface area contributed by atoms with E-state index in [-0.39, 0.29) is 11.9 Å². The molecule has 1 amide bonds. The van der Waals surface area contributed by atoms with Crippen LogP contribution in [0.2, 0.25) is 0 Å². The SMILES string of the molecule is CNCCC(=O)NC(COc1ccccc1)c1ccccc1. The van der Waals surface area contributed by atoms with Gasteiger partial charge in [0.1, 0.15) is 12.4 Å². The molecule has 116 valence electrons. The van der Waals surface area contributed by atoms with Gasteiger partial charge in [-0.2, -0.15) is 0 Å². The van der Waals surface area contributed by atoms with Crippen LogP contribution in [-0.4, -0.2) is 26.1 Å². The van der Waals surface area contributed by atoms with Gasteiger partial charge in [-0.25, -0.2) is 0 Å². The summed E-state index contributed by atoms with van der Waals surface area (Å²) in [6.07, 6.45) is 0.450. The molecule has 0 radical (unpaired) electrons. The van der Waals surface area contributed by atoms with Gasteiger partial charge in [-0.1, -0.05) is 48.5 Å². The maximum Gasteiger partial charge on any atom is 0.221 e. The number of hydrogen-bond donors (Lipinski definition) is 2. The molecule has 1 unspecified atom stereocenters. The van der Waals surface area contributed by atoms with Crippen LogP contribution in [0, 0.1) is 0 Å². The molecule has 0 bridgehead atoms. The maximum atomic E-state index is 12.0. The van der Waals surface area contributed by atoms with Crippen LogP contribution in [0.25, 0.3) is 0 Å². The summed E-state index contributed by atoms with van der Waals surface area (Å²) in [5, 5.41) is 6.01. The van der Waals surface area contributed by atoms with Crippen LogP contribution in [0.1, 0.15) is 18.0 Å². The predicted octanol–water partition coefficient (Wildman–Crippen LogP) is 2.53. The van der Waals surface area contributed by atoms with Gasteiger partial charge in [0.05, 0.1) is 6.04 Å². The van der Waals surface area contributed by atoms with E-state index in [0.29, 0.717) is 19.6 Å². The van der Waals surface area contributed by atoms with E-state index in [4.69, 9.17) is 4.74 Å². The van der Waals surface area contributed by atoms with Gasteiger partial charge in [0.2, 0.25) is 5.91 Å². The van der Waals surface area contributed by atoms with Crippen LogP contribution in [0.5, 0.6) is 5.75 Å². The van der Waals surface area contributed by atoms with E-state index in [9.17, 15) is 4.79 Å². The molecule has 0 aliphatic rings. The molecule has 22 heavy (non-hydrogen) atoms. The molecule has 0 aromatic heterocycles. The minimum absolute atomic E-state index is 0.0138. The van der Waals surface area contributed by atoms with Gasteiger partial charge in [0, 0.05) is 13.0 Å². The van der Waals surface area contributed by atoms with Crippen LogP contribution >= 0.6 is 0 Å². The minimum atomic E-state index is -0.161. The molecule has 2 N–H and O–H groups in total. The van der Waals surface area contributed by atoms with Crippen molar-refractivity contribution in [1.29, 1.82) is 0 Å². The summed E-state index contributed by atoms with van der Waals surface area (Å²) in [7, 11) is 1.83. The molecule has 2 aromatic carbocycles. The van der Waals surface area contributed by atoms with Gasteiger partial charge < -0.3 is 15.4 Å². The number of amides is 1. The first-order valence-electron chi connectivity index (χ1n) is 7.46. The van der Waals surface area contributed by atoms with Crippen LogP contribution < -0.4 is 15.4 Å². The molecule has 1 atom stereocenters. The Morgan fingerprint density at radius 1 is 1.05 bits per heavy atom. The van der Waals surface area contributed by atoms with Gasteiger partial charge in [-0.05, 0) is 24.7 Å². The molecule has 0 heterocycles. The highest BCUT2D eigenvalue weighted by molar-refractivity contribution is 5.76. The highest BCUT2D eigenvalue weighted by atomic mass is 16.5. The molecule has 4 nitrogen and oxygen atoms in total. The topological polar surface area (TPSA) is 50.4 Å². The third-order valence-corrected chi connectivity index (χ3v) is 3.30. The Morgan fingerprint density at radius 2 is 1.68 bits per heavy atom. The summed E-state index contributed by atoms with van der Waals surface area (Å²) in [6, 6.07) is 19.3. The van der Waals surface area contributed by atoms with Crippen molar-refractivity contribution in [3.05, 3.63) is 66.2 Å². The van der Waals surface area contributed by atoms with Crippen LogP contribution in [0.4, 0.5) is 0 Å². The van der Waals surface area contributed by atoms with E-state index in [0.717, 1.165) is 11.3 Å². The van der Waals surface area contributed by atoms with Gasteiger partial charge in [-0.15, -0.1) is 0 Å². The third kappa shape index (κ3) is 5.22. The minimum Gasteiger partial charge on any atom is -0.491 e. The van der Waals surface area contributed by atoms with Crippen molar-refractivity contribution in [1.82, 2.24) is 10.6 Å². The zero-order valence-corrected chi connectivity index (χ0v) is 12.8. The quantitative estimate of drug-likeness (QED) is 0.787. The van der Waals surface area contributed by atoms with Crippen molar-refractivity contribution >= 4 is 5.91 Å². The van der Waals surface area contributed by atoms with Crippen LogP contribution in [-0.2, 0) is 4.79 Å². The summed E-state index contributed by atoms with van der Waals surface area (Å²) >= 11 is 0. The van der Waals surface area contributed by atoms with Gasteiger partial charge in [0.15, 0.2) is 0 Å². The maximum absolute atomic E-state index is 12.0. The fraction of sp³-hybridized carbons (Fsp3) is 0.278. The summed E-state index contributed by atoms with van der Waals surface area (Å²) < 4.78 is 5.80. The predicted molar refractivity (Wildman–Crippen MR) is 87.8 cm³/mol. The standard InChI is InChI=1S/C18H22N2O2/c1-19-13-12-18(21)20-17(15-8-4-2-5-9-15)14-22-16-10-6-3-7-11-16/h2-11,17,19H,12-14H2,1H3,(H,20,21). The Labute approximate surface area is 131 Å². The first kappa shape index (κ1) is 16.0. The van der Waals surface area contributed by atoms with Crippen molar-refractivity contribution in [2.45, 2.75) is 12.5 Å². The number of benzene rings is 2. The lowest BCUT2D eigenvalue weighted by Crippen LogP contribution is -2.33. The average Bonchev–Trinajstić information content (AvgIpc) is 2.58. The number of carbonyl (C=O) groups excluding carboxylic acids is 1. The van der Waals surface area contributed by atoms with Crippen LogP contribution in [0.3, 0.4) is 0 Å². The molecule has 2 rings (SSSR count). The van der Waals surface area contributed by atoms with Crippen molar-refractivity contribution < 1.29 is 9.53 Å². The molecule has 2 aromatic rings. The largest absolute Gasteiger partial charge is 0.491 e. The van der Waals surface area contributed by atoms with E-state index >= 15 is 0 Å². The van der Waals surface area contributed by atoms with Gasteiger partial charge in [-0.3, -0.25) is 4.79 Å². The molecule has 0 fully saturated rings. The van der Waals surface area contributed by atoms with Crippen molar-refractivity contribution in [3.8, 4) is 5.75 Å². The lowest BCUT2D eigenvalue weighted by atomic mass is 10.1. The van der Waals surface area contributed by atoms with E-state index in [1.165, 1.54) is 0 Å². The summed E-state index contributed by atoms with van der Waals surface area (Å²) in [5.74, 6) is 0.813. The zero-order valence-electron chi connectivity index (χ0n) is 12.8. The Morgan fingerprint density at radius 3 is 2.32 bits per heavy atom.